The molecule has 1 N–H and O–H groups in total. The van der Waals surface area contributed by atoms with Crippen LogP contribution in [0.15, 0.2) is 24.3 Å². The van der Waals surface area contributed by atoms with Crippen LogP contribution in [-0.4, -0.2) is 31.1 Å². The summed E-state index contributed by atoms with van der Waals surface area (Å²) < 4.78 is 0. The molecular weight excluding hydrogens is 232 g/mol. The SMILES string of the molecule is CNC1CCCN(Cc2ccc(C)cc2)C1.Cl. The van der Waals surface area contributed by atoms with Crippen molar-refractivity contribution >= 4 is 12.4 Å². The number of likely N-dealkylation sites (tertiary alicyclic amines) is 1. The van der Waals surface area contributed by atoms with Gasteiger partial charge in [0.05, 0.1) is 0 Å². The van der Waals surface area contributed by atoms with Crippen LogP contribution in [0.1, 0.15) is 24.0 Å². The van der Waals surface area contributed by atoms with Crippen LogP contribution >= 0.6 is 12.4 Å². The fourth-order valence-electron chi connectivity index (χ4n) is 2.39. The second-order valence-corrected chi connectivity index (χ2v) is 4.85. The minimum Gasteiger partial charge on any atom is -0.316 e. The van der Waals surface area contributed by atoms with Crippen LogP contribution in [0, 0.1) is 6.92 Å². The minimum atomic E-state index is 0. The zero-order valence-electron chi connectivity index (χ0n) is 10.8. The van der Waals surface area contributed by atoms with E-state index in [1.807, 2.05) is 0 Å². The number of hydrogen-bond acceptors (Lipinski definition) is 2. The summed E-state index contributed by atoms with van der Waals surface area (Å²) in [5, 5.41) is 3.39. The Bertz CT molecular complexity index is 323. The highest BCUT2D eigenvalue weighted by Crippen LogP contribution is 2.13. The van der Waals surface area contributed by atoms with Crippen LogP contribution < -0.4 is 5.32 Å². The Labute approximate surface area is 111 Å². The predicted molar refractivity (Wildman–Crippen MR) is 75.8 cm³/mol. The van der Waals surface area contributed by atoms with Gasteiger partial charge in [-0.2, -0.15) is 0 Å². The van der Waals surface area contributed by atoms with E-state index in [2.05, 4.69) is 48.5 Å². The first kappa shape index (κ1) is 14.5. The van der Waals surface area contributed by atoms with Gasteiger partial charge in [0.1, 0.15) is 0 Å². The second-order valence-electron chi connectivity index (χ2n) is 4.85. The van der Waals surface area contributed by atoms with Crippen molar-refractivity contribution in [1.29, 1.82) is 0 Å². The molecule has 0 amide bonds. The highest BCUT2D eigenvalue weighted by Gasteiger charge is 2.17. The summed E-state index contributed by atoms with van der Waals surface area (Å²) in [4.78, 5) is 2.55. The van der Waals surface area contributed by atoms with Gasteiger partial charge < -0.3 is 5.32 Å². The maximum absolute atomic E-state index is 3.39. The first-order chi connectivity index (χ1) is 7.78. The van der Waals surface area contributed by atoms with Crippen LogP contribution in [0.25, 0.3) is 0 Å². The fourth-order valence-corrected chi connectivity index (χ4v) is 2.39. The van der Waals surface area contributed by atoms with Gasteiger partial charge in [-0.25, -0.2) is 0 Å². The molecule has 2 rings (SSSR count). The average Bonchev–Trinajstić information content (AvgIpc) is 2.32. The van der Waals surface area contributed by atoms with E-state index < -0.39 is 0 Å². The largest absolute Gasteiger partial charge is 0.316 e. The molecule has 1 heterocycles. The summed E-state index contributed by atoms with van der Waals surface area (Å²) in [5.41, 5.74) is 2.78. The van der Waals surface area contributed by atoms with Crippen LogP contribution in [0.5, 0.6) is 0 Å². The zero-order valence-corrected chi connectivity index (χ0v) is 11.6. The minimum absolute atomic E-state index is 0. The van der Waals surface area contributed by atoms with E-state index in [9.17, 15) is 0 Å². The van der Waals surface area contributed by atoms with Crippen LogP contribution in [0.3, 0.4) is 0 Å². The highest BCUT2D eigenvalue weighted by molar-refractivity contribution is 5.85. The third-order valence-electron chi connectivity index (χ3n) is 3.44. The molecule has 0 radical (unpaired) electrons. The van der Waals surface area contributed by atoms with E-state index in [0.717, 1.165) is 6.54 Å². The van der Waals surface area contributed by atoms with Crippen molar-refractivity contribution in [3.8, 4) is 0 Å². The summed E-state index contributed by atoms with van der Waals surface area (Å²) in [6, 6.07) is 9.58. The molecule has 17 heavy (non-hydrogen) atoms. The number of rotatable bonds is 3. The van der Waals surface area contributed by atoms with Gasteiger partial charge in [-0.3, -0.25) is 4.90 Å². The zero-order chi connectivity index (χ0) is 11.4. The monoisotopic (exact) mass is 254 g/mol. The number of piperidine rings is 1. The molecule has 2 nitrogen and oxygen atoms in total. The number of hydrogen-bond donors (Lipinski definition) is 1. The van der Waals surface area contributed by atoms with E-state index in [1.54, 1.807) is 0 Å². The Hall–Kier alpha value is -0.570. The molecule has 1 aliphatic rings. The maximum atomic E-state index is 3.39. The molecule has 1 saturated heterocycles. The van der Waals surface area contributed by atoms with Crippen molar-refractivity contribution in [3.05, 3.63) is 35.4 Å². The Morgan fingerprint density at radius 3 is 2.65 bits per heavy atom. The van der Waals surface area contributed by atoms with E-state index >= 15 is 0 Å². The van der Waals surface area contributed by atoms with Crippen molar-refractivity contribution in [2.45, 2.75) is 32.4 Å². The molecular formula is C14H23ClN2. The first-order valence-corrected chi connectivity index (χ1v) is 6.23. The van der Waals surface area contributed by atoms with Gasteiger partial charge >= 0.3 is 0 Å². The van der Waals surface area contributed by atoms with Crippen LogP contribution in [0.2, 0.25) is 0 Å². The molecule has 96 valence electrons. The molecule has 0 aliphatic carbocycles. The Balaban J connectivity index is 0.00000144. The maximum Gasteiger partial charge on any atom is 0.0234 e. The molecule has 1 aromatic rings. The van der Waals surface area contributed by atoms with Gasteiger partial charge in [0.2, 0.25) is 0 Å². The van der Waals surface area contributed by atoms with Gasteiger partial charge in [0.15, 0.2) is 0 Å². The molecule has 0 aromatic heterocycles. The highest BCUT2D eigenvalue weighted by atomic mass is 35.5. The van der Waals surface area contributed by atoms with Crippen molar-refractivity contribution in [2.24, 2.45) is 0 Å². The quantitative estimate of drug-likeness (QED) is 0.892. The molecule has 1 aliphatic heterocycles. The molecule has 1 fully saturated rings. The van der Waals surface area contributed by atoms with Crippen LogP contribution in [0.4, 0.5) is 0 Å². The summed E-state index contributed by atoms with van der Waals surface area (Å²) in [7, 11) is 2.07. The van der Waals surface area contributed by atoms with Gasteiger partial charge in [-0.1, -0.05) is 29.8 Å². The van der Waals surface area contributed by atoms with Gasteiger partial charge in [0.25, 0.3) is 0 Å². The van der Waals surface area contributed by atoms with E-state index in [4.69, 9.17) is 0 Å². The number of nitrogens with zero attached hydrogens (tertiary/aromatic N) is 1. The van der Waals surface area contributed by atoms with E-state index in [0.29, 0.717) is 6.04 Å². The lowest BCUT2D eigenvalue weighted by atomic mass is 10.0. The van der Waals surface area contributed by atoms with Crippen molar-refractivity contribution in [1.82, 2.24) is 10.2 Å². The molecule has 0 saturated carbocycles. The molecule has 1 unspecified atom stereocenters. The summed E-state index contributed by atoms with van der Waals surface area (Å²) in [6.07, 6.45) is 2.64. The fraction of sp³-hybridized carbons (Fsp3) is 0.571. The smallest absolute Gasteiger partial charge is 0.0234 e. The van der Waals surface area contributed by atoms with Gasteiger partial charge in [-0.15, -0.1) is 12.4 Å². The second kappa shape index (κ2) is 7.00. The topological polar surface area (TPSA) is 15.3 Å². The first-order valence-electron chi connectivity index (χ1n) is 6.23. The third kappa shape index (κ3) is 4.30. The number of aryl methyl sites for hydroxylation is 1. The summed E-state index contributed by atoms with van der Waals surface area (Å²) >= 11 is 0. The molecule has 3 heteroatoms. The lowest BCUT2D eigenvalue weighted by Gasteiger charge is -2.32. The number of halogens is 1. The van der Waals surface area contributed by atoms with Gasteiger partial charge in [-0.05, 0) is 38.9 Å². The molecule has 1 atom stereocenters. The third-order valence-corrected chi connectivity index (χ3v) is 3.44. The molecule has 0 spiro atoms. The lowest BCUT2D eigenvalue weighted by molar-refractivity contribution is 0.188. The summed E-state index contributed by atoms with van der Waals surface area (Å²) in [5.74, 6) is 0. The number of likely N-dealkylation sites (N-methyl/N-ethyl adjacent to an activating group) is 1. The summed E-state index contributed by atoms with van der Waals surface area (Å²) in [6.45, 7) is 5.66. The van der Waals surface area contributed by atoms with Crippen molar-refractivity contribution < 1.29 is 0 Å². The number of nitrogens with one attached hydrogen (secondary N) is 1. The standard InChI is InChI=1S/C14H22N2.ClH/c1-12-5-7-13(8-6-12)10-16-9-3-4-14(11-16)15-2;/h5-8,14-15H,3-4,9-11H2,1-2H3;1H. The molecule has 0 bridgehead atoms. The lowest BCUT2D eigenvalue weighted by Crippen LogP contribution is -2.43. The van der Waals surface area contributed by atoms with Crippen molar-refractivity contribution in [3.63, 3.8) is 0 Å². The number of benzene rings is 1. The van der Waals surface area contributed by atoms with Crippen LogP contribution in [-0.2, 0) is 6.54 Å². The van der Waals surface area contributed by atoms with Crippen molar-refractivity contribution in [2.75, 3.05) is 20.1 Å². The Morgan fingerprint density at radius 2 is 2.00 bits per heavy atom. The normalized spacial score (nSPS) is 20.9. The Kier molecular flexibility index (Phi) is 5.96. The van der Waals surface area contributed by atoms with E-state index in [1.165, 1.54) is 37.1 Å². The average molecular weight is 255 g/mol. The Morgan fingerprint density at radius 1 is 1.29 bits per heavy atom. The molecule has 1 aromatic carbocycles. The van der Waals surface area contributed by atoms with E-state index in [-0.39, 0.29) is 12.4 Å². The van der Waals surface area contributed by atoms with Gasteiger partial charge in [0, 0.05) is 19.1 Å². The predicted octanol–water partition coefficient (Wildman–Crippen LogP) is 2.60.